The standard InChI is InChI=1S/C30H46O4/c1-21(2)16-24-18-26(8-10-28(24)33-14-12-31)30(7,20-23(5)6)27-9-11-29(34-15-13-32)25(19-27)17-22(3)4/h8-11,18-19,21-23,31-32H,12-17,20H2,1-7H3. The first kappa shape index (κ1) is 28.2. The molecule has 4 nitrogen and oxygen atoms in total. The minimum Gasteiger partial charge on any atom is -0.491 e. The predicted octanol–water partition coefficient (Wildman–Crippen LogP) is 6.18. The third-order valence-electron chi connectivity index (χ3n) is 6.17. The topological polar surface area (TPSA) is 58.9 Å². The predicted molar refractivity (Wildman–Crippen MR) is 141 cm³/mol. The molecule has 0 amide bonds. The van der Waals surface area contributed by atoms with Crippen molar-refractivity contribution in [2.24, 2.45) is 17.8 Å². The number of benzene rings is 2. The largest absolute Gasteiger partial charge is 0.491 e. The van der Waals surface area contributed by atoms with Crippen molar-refractivity contribution in [3.05, 3.63) is 58.7 Å². The Hall–Kier alpha value is -2.04. The molecule has 0 aromatic heterocycles. The van der Waals surface area contributed by atoms with E-state index in [1.807, 2.05) is 0 Å². The molecule has 2 aromatic carbocycles. The van der Waals surface area contributed by atoms with E-state index in [2.05, 4.69) is 84.9 Å². The molecular weight excluding hydrogens is 424 g/mol. The minimum absolute atomic E-state index is 0.0112. The molecule has 190 valence electrons. The molecular formula is C30H46O4. The Morgan fingerprint density at radius 3 is 1.41 bits per heavy atom. The average molecular weight is 471 g/mol. The third-order valence-corrected chi connectivity index (χ3v) is 6.17. The molecule has 2 rings (SSSR count). The normalized spacial score (nSPS) is 12.1. The van der Waals surface area contributed by atoms with Crippen molar-refractivity contribution in [2.45, 2.75) is 73.1 Å². The van der Waals surface area contributed by atoms with Crippen LogP contribution < -0.4 is 9.47 Å². The summed E-state index contributed by atoms with van der Waals surface area (Å²) in [4.78, 5) is 0. The molecule has 2 aromatic rings. The molecule has 0 heterocycles. The first-order chi connectivity index (χ1) is 16.1. The Balaban J connectivity index is 2.60. The lowest BCUT2D eigenvalue weighted by molar-refractivity contribution is 0.200. The lowest BCUT2D eigenvalue weighted by Crippen LogP contribution is -2.26. The van der Waals surface area contributed by atoms with Crippen LogP contribution in [-0.4, -0.2) is 36.6 Å². The highest BCUT2D eigenvalue weighted by atomic mass is 16.5. The molecule has 0 atom stereocenters. The number of rotatable bonds is 14. The lowest BCUT2D eigenvalue weighted by atomic mass is 9.70. The van der Waals surface area contributed by atoms with E-state index in [1.165, 1.54) is 22.3 Å². The molecule has 0 bridgehead atoms. The zero-order valence-corrected chi connectivity index (χ0v) is 22.4. The molecule has 34 heavy (non-hydrogen) atoms. The summed E-state index contributed by atoms with van der Waals surface area (Å²) in [6.07, 6.45) is 2.88. The van der Waals surface area contributed by atoms with Gasteiger partial charge in [0.25, 0.3) is 0 Å². The van der Waals surface area contributed by atoms with Crippen LogP contribution in [0.1, 0.15) is 77.1 Å². The third kappa shape index (κ3) is 7.74. The van der Waals surface area contributed by atoms with Gasteiger partial charge in [0.05, 0.1) is 13.2 Å². The maximum Gasteiger partial charge on any atom is 0.122 e. The van der Waals surface area contributed by atoms with Crippen LogP contribution in [-0.2, 0) is 18.3 Å². The van der Waals surface area contributed by atoms with Gasteiger partial charge in [-0.1, -0.05) is 72.7 Å². The Bertz CT molecular complexity index is 820. The van der Waals surface area contributed by atoms with Crippen LogP contribution in [0.2, 0.25) is 0 Å². The summed E-state index contributed by atoms with van der Waals surface area (Å²) < 4.78 is 11.7. The SMILES string of the molecule is CC(C)Cc1cc(C(C)(CC(C)C)c2ccc(OCCO)c(CC(C)C)c2)ccc1OCCO. The summed E-state index contributed by atoms with van der Waals surface area (Å²) in [5, 5.41) is 18.5. The monoisotopic (exact) mass is 470 g/mol. The van der Waals surface area contributed by atoms with Crippen molar-refractivity contribution >= 4 is 0 Å². The van der Waals surface area contributed by atoms with Crippen molar-refractivity contribution in [1.82, 2.24) is 0 Å². The molecule has 0 fully saturated rings. The van der Waals surface area contributed by atoms with E-state index in [-0.39, 0.29) is 18.6 Å². The van der Waals surface area contributed by atoms with Crippen LogP contribution in [0.25, 0.3) is 0 Å². The van der Waals surface area contributed by atoms with E-state index in [4.69, 9.17) is 9.47 Å². The molecule has 0 saturated carbocycles. The van der Waals surface area contributed by atoms with Gasteiger partial charge >= 0.3 is 0 Å². The van der Waals surface area contributed by atoms with Gasteiger partial charge in [0.2, 0.25) is 0 Å². The van der Waals surface area contributed by atoms with Gasteiger partial charge in [-0.3, -0.25) is 0 Å². The maximum absolute atomic E-state index is 9.25. The van der Waals surface area contributed by atoms with E-state index >= 15 is 0 Å². The summed E-state index contributed by atoms with van der Waals surface area (Å²) in [5.74, 6) is 3.26. The highest BCUT2D eigenvalue weighted by molar-refractivity contribution is 5.48. The van der Waals surface area contributed by atoms with Gasteiger partial charge in [-0.25, -0.2) is 0 Å². The van der Waals surface area contributed by atoms with Crippen molar-refractivity contribution in [1.29, 1.82) is 0 Å². The second-order valence-electron chi connectivity index (χ2n) is 10.9. The van der Waals surface area contributed by atoms with Gasteiger partial charge in [0, 0.05) is 5.41 Å². The van der Waals surface area contributed by atoms with Crippen LogP contribution in [0.3, 0.4) is 0 Å². The second-order valence-corrected chi connectivity index (χ2v) is 10.9. The highest BCUT2D eigenvalue weighted by Gasteiger charge is 2.31. The van der Waals surface area contributed by atoms with Crippen LogP contribution in [0, 0.1) is 17.8 Å². The zero-order valence-electron chi connectivity index (χ0n) is 22.4. The Morgan fingerprint density at radius 1 is 0.676 bits per heavy atom. The lowest BCUT2D eigenvalue weighted by Gasteiger charge is -2.34. The second kappa shape index (κ2) is 13.2. The minimum atomic E-state index is -0.170. The quantitative estimate of drug-likeness (QED) is 0.346. The van der Waals surface area contributed by atoms with Crippen LogP contribution in [0.5, 0.6) is 11.5 Å². The van der Waals surface area contributed by atoms with Gasteiger partial charge in [-0.05, 0) is 71.4 Å². The average Bonchev–Trinajstić information content (AvgIpc) is 2.76. The molecule has 0 unspecified atom stereocenters. The molecule has 0 aliphatic carbocycles. The molecule has 0 spiro atoms. The molecule has 4 heteroatoms. The molecule has 0 aliphatic heterocycles. The Kier molecular flexibility index (Phi) is 10.9. The van der Waals surface area contributed by atoms with Gasteiger partial charge in [0.1, 0.15) is 24.7 Å². The van der Waals surface area contributed by atoms with Crippen molar-refractivity contribution in [3.8, 4) is 11.5 Å². The Labute approximate surface area is 207 Å². The van der Waals surface area contributed by atoms with Crippen LogP contribution in [0.4, 0.5) is 0 Å². The summed E-state index contributed by atoms with van der Waals surface area (Å²) in [5.41, 5.74) is 4.79. The van der Waals surface area contributed by atoms with E-state index in [0.29, 0.717) is 31.0 Å². The van der Waals surface area contributed by atoms with Gasteiger partial charge in [0.15, 0.2) is 0 Å². The fourth-order valence-corrected chi connectivity index (χ4v) is 4.86. The number of aliphatic hydroxyl groups excluding tert-OH is 2. The number of aliphatic hydroxyl groups is 2. The fourth-order valence-electron chi connectivity index (χ4n) is 4.86. The number of hydrogen-bond acceptors (Lipinski definition) is 4. The molecule has 2 N–H and O–H groups in total. The highest BCUT2D eigenvalue weighted by Crippen LogP contribution is 2.41. The van der Waals surface area contributed by atoms with E-state index in [0.717, 1.165) is 30.8 Å². The van der Waals surface area contributed by atoms with Crippen molar-refractivity contribution in [2.75, 3.05) is 26.4 Å². The number of ether oxygens (including phenoxy) is 2. The molecule has 0 aliphatic rings. The van der Waals surface area contributed by atoms with E-state index in [1.54, 1.807) is 0 Å². The smallest absolute Gasteiger partial charge is 0.122 e. The van der Waals surface area contributed by atoms with Gasteiger partial charge in [-0.15, -0.1) is 0 Å². The summed E-state index contributed by atoms with van der Waals surface area (Å²) >= 11 is 0. The first-order valence-electron chi connectivity index (χ1n) is 12.8. The van der Waals surface area contributed by atoms with E-state index in [9.17, 15) is 10.2 Å². The number of hydrogen-bond donors (Lipinski definition) is 2. The fraction of sp³-hybridized carbons (Fsp3) is 0.600. The molecule has 0 radical (unpaired) electrons. The maximum atomic E-state index is 9.25. The summed E-state index contributed by atoms with van der Waals surface area (Å²) in [6.45, 7) is 16.4. The zero-order chi connectivity index (χ0) is 25.3. The molecule has 0 saturated heterocycles. The Morgan fingerprint density at radius 2 is 1.09 bits per heavy atom. The first-order valence-corrected chi connectivity index (χ1v) is 12.8. The van der Waals surface area contributed by atoms with Crippen molar-refractivity contribution < 1.29 is 19.7 Å². The van der Waals surface area contributed by atoms with Crippen LogP contribution in [0.15, 0.2) is 36.4 Å². The summed E-state index contributed by atoms with van der Waals surface area (Å²) in [6, 6.07) is 13.2. The van der Waals surface area contributed by atoms with Gasteiger partial charge < -0.3 is 19.7 Å². The summed E-state index contributed by atoms with van der Waals surface area (Å²) in [7, 11) is 0. The van der Waals surface area contributed by atoms with Crippen LogP contribution >= 0.6 is 0 Å². The van der Waals surface area contributed by atoms with Gasteiger partial charge in [-0.2, -0.15) is 0 Å². The van der Waals surface area contributed by atoms with Crippen molar-refractivity contribution in [3.63, 3.8) is 0 Å². The van der Waals surface area contributed by atoms with E-state index < -0.39 is 0 Å².